The van der Waals surface area contributed by atoms with E-state index in [4.69, 9.17) is 4.74 Å². The van der Waals surface area contributed by atoms with Gasteiger partial charge in [-0.2, -0.15) is 9.38 Å². The number of aromatic nitrogens is 2. The molecule has 1 aliphatic heterocycles. The molecular formula is C8H8N4O3S. The molecule has 0 aromatic carbocycles. The first kappa shape index (κ1) is 9.55. The standard InChI is InChI=1S/C8H8N4O3S/c13-12(14)7-6(15-5-3-9-4-5)10-8-11(7)1-2-16-8/h1-2,5,9H,3-4H2. The third-order valence-electron chi connectivity index (χ3n) is 2.40. The molecule has 3 heterocycles. The van der Waals surface area contributed by atoms with Crippen LogP contribution in [-0.4, -0.2) is 33.5 Å². The highest BCUT2D eigenvalue weighted by Crippen LogP contribution is 2.30. The fourth-order valence-electron chi connectivity index (χ4n) is 1.50. The zero-order valence-electron chi connectivity index (χ0n) is 8.12. The van der Waals surface area contributed by atoms with E-state index in [0.717, 1.165) is 0 Å². The van der Waals surface area contributed by atoms with Gasteiger partial charge in [-0.25, -0.2) is 0 Å². The first-order valence-corrected chi connectivity index (χ1v) is 5.61. The van der Waals surface area contributed by atoms with E-state index in [1.54, 1.807) is 11.6 Å². The Morgan fingerprint density at radius 2 is 2.50 bits per heavy atom. The summed E-state index contributed by atoms with van der Waals surface area (Å²) in [6.45, 7) is 1.42. The maximum absolute atomic E-state index is 10.9. The summed E-state index contributed by atoms with van der Waals surface area (Å²) in [5.74, 6) is 0.0199. The Balaban J connectivity index is 2.03. The highest BCUT2D eigenvalue weighted by atomic mass is 32.1. The summed E-state index contributed by atoms with van der Waals surface area (Å²) in [4.78, 5) is 15.2. The maximum atomic E-state index is 10.9. The van der Waals surface area contributed by atoms with Crippen molar-refractivity contribution in [3.05, 3.63) is 21.7 Å². The van der Waals surface area contributed by atoms with Gasteiger partial charge >= 0.3 is 11.7 Å². The lowest BCUT2D eigenvalue weighted by Crippen LogP contribution is -2.50. The lowest BCUT2D eigenvalue weighted by atomic mass is 10.2. The lowest BCUT2D eigenvalue weighted by Gasteiger charge is -2.26. The molecule has 16 heavy (non-hydrogen) atoms. The number of hydrogen-bond acceptors (Lipinski definition) is 6. The Bertz CT molecular complexity index is 544. The summed E-state index contributed by atoms with van der Waals surface area (Å²) in [6, 6.07) is 0. The number of rotatable bonds is 3. The van der Waals surface area contributed by atoms with E-state index < -0.39 is 4.92 Å². The van der Waals surface area contributed by atoms with E-state index in [-0.39, 0.29) is 17.8 Å². The van der Waals surface area contributed by atoms with Gasteiger partial charge < -0.3 is 20.2 Å². The number of thiazole rings is 1. The lowest BCUT2D eigenvalue weighted by molar-refractivity contribution is -0.391. The second kappa shape index (κ2) is 3.42. The molecule has 84 valence electrons. The van der Waals surface area contributed by atoms with Gasteiger partial charge in [0.25, 0.3) is 4.96 Å². The summed E-state index contributed by atoms with van der Waals surface area (Å²) in [7, 11) is 0. The van der Waals surface area contributed by atoms with E-state index >= 15 is 0 Å². The first-order chi connectivity index (χ1) is 7.75. The van der Waals surface area contributed by atoms with Crippen LogP contribution in [0.5, 0.6) is 5.88 Å². The van der Waals surface area contributed by atoms with Gasteiger partial charge in [0.05, 0.1) is 0 Å². The number of nitrogens with zero attached hydrogens (tertiary/aromatic N) is 3. The van der Waals surface area contributed by atoms with Crippen molar-refractivity contribution < 1.29 is 9.66 Å². The van der Waals surface area contributed by atoms with Crippen LogP contribution in [0.15, 0.2) is 11.6 Å². The van der Waals surface area contributed by atoms with Gasteiger partial charge in [-0.1, -0.05) is 11.3 Å². The van der Waals surface area contributed by atoms with E-state index in [1.807, 2.05) is 0 Å². The fourth-order valence-corrected chi connectivity index (χ4v) is 2.20. The second-order valence-corrected chi connectivity index (χ2v) is 4.32. The molecule has 2 aromatic rings. The summed E-state index contributed by atoms with van der Waals surface area (Å²) in [6.07, 6.45) is 1.61. The molecule has 0 radical (unpaired) electrons. The third-order valence-corrected chi connectivity index (χ3v) is 3.16. The van der Waals surface area contributed by atoms with Crippen LogP contribution in [0.2, 0.25) is 0 Å². The van der Waals surface area contributed by atoms with Crippen molar-refractivity contribution in [2.75, 3.05) is 13.1 Å². The van der Waals surface area contributed by atoms with Crippen molar-refractivity contribution in [2.24, 2.45) is 0 Å². The third kappa shape index (κ3) is 1.34. The minimum absolute atomic E-state index is 0.0108. The zero-order chi connectivity index (χ0) is 11.1. The number of fused-ring (bicyclic) bond motifs is 1. The molecule has 7 nitrogen and oxygen atoms in total. The predicted octanol–water partition coefficient (Wildman–Crippen LogP) is 0.655. The quantitative estimate of drug-likeness (QED) is 0.629. The van der Waals surface area contributed by atoms with Crippen LogP contribution < -0.4 is 10.1 Å². The highest BCUT2D eigenvalue weighted by Gasteiger charge is 2.29. The highest BCUT2D eigenvalue weighted by molar-refractivity contribution is 7.15. The molecule has 0 unspecified atom stereocenters. The minimum Gasteiger partial charge on any atom is -0.466 e. The molecule has 1 fully saturated rings. The molecule has 2 aromatic heterocycles. The summed E-state index contributed by atoms with van der Waals surface area (Å²) in [5, 5.41) is 15.7. The van der Waals surface area contributed by atoms with Crippen LogP contribution in [-0.2, 0) is 0 Å². The fraction of sp³-hybridized carbons (Fsp3) is 0.375. The van der Waals surface area contributed by atoms with Gasteiger partial charge in [-0.3, -0.25) is 0 Å². The Morgan fingerprint density at radius 3 is 3.12 bits per heavy atom. The average molecular weight is 240 g/mol. The van der Waals surface area contributed by atoms with Crippen molar-refractivity contribution >= 4 is 22.1 Å². The topological polar surface area (TPSA) is 81.7 Å². The maximum Gasteiger partial charge on any atom is 0.393 e. The Kier molecular flexibility index (Phi) is 2.04. The van der Waals surface area contributed by atoms with Gasteiger partial charge in [0.15, 0.2) is 0 Å². The SMILES string of the molecule is O=[N+]([O-])c1c(OC2CNC2)nc2sccn12. The largest absolute Gasteiger partial charge is 0.466 e. The van der Waals surface area contributed by atoms with E-state index in [2.05, 4.69) is 10.3 Å². The molecule has 0 atom stereocenters. The zero-order valence-corrected chi connectivity index (χ0v) is 8.94. The molecule has 1 N–H and O–H groups in total. The van der Waals surface area contributed by atoms with E-state index in [0.29, 0.717) is 18.1 Å². The van der Waals surface area contributed by atoms with Gasteiger partial charge in [-0.15, -0.1) is 0 Å². The molecule has 0 aliphatic carbocycles. The smallest absolute Gasteiger partial charge is 0.393 e. The van der Waals surface area contributed by atoms with Crippen molar-refractivity contribution in [3.63, 3.8) is 0 Å². The molecule has 0 saturated carbocycles. The molecule has 0 spiro atoms. The van der Waals surface area contributed by atoms with Crippen LogP contribution in [0.25, 0.3) is 4.96 Å². The molecular weight excluding hydrogens is 232 g/mol. The summed E-state index contributed by atoms with van der Waals surface area (Å²) >= 11 is 1.34. The Labute approximate surface area is 93.8 Å². The van der Waals surface area contributed by atoms with Crippen LogP contribution in [0, 0.1) is 10.1 Å². The van der Waals surface area contributed by atoms with Crippen LogP contribution in [0.4, 0.5) is 5.82 Å². The van der Waals surface area contributed by atoms with Crippen LogP contribution in [0.3, 0.4) is 0 Å². The number of nitrogens with one attached hydrogen (secondary N) is 1. The molecule has 1 saturated heterocycles. The Hall–Kier alpha value is -1.67. The predicted molar refractivity (Wildman–Crippen MR) is 57.0 cm³/mol. The first-order valence-electron chi connectivity index (χ1n) is 4.73. The number of imidazole rings is 1. The van der Waals surface area contributed by atoms with Crippen molar-refractivity contribution in [1.29, 1.82) is 0 Å². The van der Waals surface area contributed by atoms with E-state index in [9.17, 15) is 10.1 Å². The molecule has 0 bridgehead atoms. The van der Waals surface area contributed by atoms with Crippen molar-refractivity contribution in [1.82, 2.24) is 14.7 Å². The van der Waals surface area contributed by atoms with Gasteiger partial charge in [0, 0.05) is 18.5 Å². The molecule has 1 aliphatic rings. The normalized spacial score (nSPS) is 16.2. The van der Waals surface area contributed by atoms with Crippen molar-refractivity contribution in [3.8, 4) is 5.88 Å². The van der Waals surface area contributed by atoms with Crippen LogP contribution in [0.1, 0.15) is 0 Å². The summed E-state index contributed by atoms with van der Waals surface area (Å²) < 4.78 is 6.89. The Morgan fingerprint density at radius 1 is 1.69 bits per heavy atom. The molecule has 0 amide bonds. The van der Waals surface area contributed by atoms with Gasteiger partial charge in [-0.05, 0) is 4.92 Å². The average Bonchev–Trinajstić information content (AvgIpc) is 2.68. The van der Waals surface area contributed by atoms with Crippen molar-refractivity contribution in [2.45, 2.75) is 6.10 Å². The van der Waals surface area contributed by atoms with Crippen LogP contribution >= 0.6 is 11.3 Å². The summed E-state index contributed by atoms with van der Waals surface area (Å²) in [5.41, 5.74) is 0. The minimum atomic E-state index is -0.464. The number of ether oxygens (including phenoxy) is 1. The van der Waals surface area contributed by atoms with Gasteiger partial charge in [0.2, 0.25) is 0 Å². The molecule has 8 heteroatoms. The van der Waals surface area contributed by atoms with E-state index in [1.165, 1.54) is 15.7 Å². The number of nitro groups is 1. The second-order valence-electron chi connectivity index (χ2n) is 3.45. The number of hydrogen-bond donors (Lipinski definition) is 1. The monoisotopic (exact) mass is 240 g/mol. The van der Waals surface area contributed by atoms with Gasteiger partial charge in [0.1, 0.15) is 12.3 Å². The molecule has 3 rings (SSSR count).